The summed E-state index contributed by atoms with van der Waals surface area (Å²) < 4.78 is 0. The first-order valence-electron chi connectivity index (χ1n) is 2.60. The molecule has 0 aromatic carbocycles. The number of aliphatic hydroxyl groups excluding tert-OH is 1. The van der Waals surface area contributed by atoms with E-state index in [1.54, 1.807) is 6.92 Å². The number of nitrogens with one attached hydrogen (secondary N) is 1. The second kappa shape index (κ2) is 4.09. The summed E-state index contributed by atoms with van der Waals surface area (Å²) in [5, 5.41) is 11.6. The molecule has 1 unspecified atom stereocenters. The Labute approximate surface area is 44.5 Å². The summed E-state index contributed by atoms with van der Waals surface area (Å²) in [6.07, 6.45) is 0.684. The third kappa shape index (κ3) is 5.92. The third-order valence-corrected chi connectivity index (χ3v) is 0.812. The van der Waals surface area contributed by atoms with Gasteiger partial charge in [-0.3, -0.25) is 0 Å². The van der Waals surface area contributed by atoms with Crippen molar-refractivity contribution in [3.8, 4) is 0 Å². The zero-order valence-corrected chi connectivity index (χ0v) is 4.94. The Morgan fingerprint density at radius 3 is 2.43 bits per heavy atom. The molecule has 44 valence electrons. The fourth-order valence-corrected chi connectivity index (χ4v) is 0.353. The van der Waals surface area contributed by atoms with Crippen LogP contribution in [-0.2, 0) is 0 Å². The van der Waals surface area contributed by atoms with Crippen LogP contribution < -0.4 is 5.32 Å². The second-order valence-corrected chi connectivity index (χ2v) is 1.74. The van der Waals surface area contributed by atoms with Gasteiger partial charge in [0.2, 0.25) is 0 Å². The summed E-state index contributed by atoms with van der Waals surface area (Å²) in [5.74, 6) is 0. The van der Waals surface area contributed by atoms with E-state index in [0.717, 1.165) is 13.0 Å². The highest BCUT2D eigenvalue weighted by Crippen LogP contribution is 1.83. The maximum absolute atomic E-state index is 8.64. The molecule has 1 atom stereocenters. The summed E-state index contributed by atoms with van der Waals surface area (Å²) in [6.45, 7) is 2.69. The fraction of sp³-hybridized carbons (Fsp3) is 1.00. The van der Waals surface area contributed by atoms with Crippen molar-refractivity contribution in [2.24, 2.45) is 0 Å². The minimum atomic E-state index is -0.160. The van der Waals surface area contributed by atoms with Crippen LogP contribution in [0.1, 0.15) is 13.3 Å². The lowest BCUT2D eigenvalue weighted by atomic mass is 10.3. The lowest BCUT2D eigenvalue weighted by molar-refractivity contribution is 0.184. The van der Waals surface area contributed by atoms with Gasteiger partial charge in [0.1, 0.15) is 0 Å². The molecule has 0 saturated heterocycles. The zero-order chi connectivity index (χ0) is 5.70. The minimum Gasteiger partial charge on any atom is -0.393 e. The van der Waals surface area contributed by atoms with Crippen LogP contribution in [0.15, 0.2) is 0 Å². The van der Waals surface area contributed by atoms with Crippen molar-refractivity contribution in [2.45, 2.75) is 19.4 Å². The minimum absolute atomic E-state index is 0.160. The van der Waals surface area contributed by atoms with E-state index in [4.69, 9.17) is 5.11 Å². The summed E-state index contributed by atoms with van der Waals surface area (Å²) in [4.78, 5) is 0. The molecular formula is C5H13NO. The first-order valence-corrected chi connectivity index (χ1v) is 2.60. The van der Waals surface area contributed by atoms with Crippen LogP contribution in [0.5, 0.6) is 0 Å². The number of rotatable bonds is 3. The van der Waals surface area contributed by atoms with E-state index in [0.29, 0.717) is 0 Å². The Kier molecular flexibility index (Phi) is 4.04. The molecule has 0 aliphatic heterocycles. The van der Waals surface area contributed by atoms with Crippen molar-refractivity contribution in [2.75, 3.05) is 13.6 Å². The molecule has 7 heavy (non-hydrogen) atoms. The van der Waals surface area contributed by atoms with Crippen LogP contribution in [0, 0.1) is 0 Å². The third-order valence-electron chi connectivity index (χ3n) is 0.812. The molecule has 0 saturated carbocycles. The lowest BCUT2D eigenvalue weighted by Gasteiger charge is -1.99. The second-order valence-electron chi connectivity index (χ2n) is 1.74. The quantitative estimate of drug-likeness (QED) is 0.526. The van der Waals surface area contributed by atoms with Gasteiger partial charge in [0.15, 0.2) is 0 Å². The van der Waals surface area contributed by atoms with Crippen LogP contribution in [0.25, 0.3) is 0 Å². The van der Waals surface area contributed by atoms with Crippen LogP contribution in [0.3, 0.4) is 0 Å². The highest BCUT2D eigenvalue weighted by molar-refractivity contribution is 4.46. The molecule has 0 aliphatic carbocycles. The number of hydrogen-bond acceptors (Lipinski definition) is 2. The van der Waals surface area contributed by atoms with E-state index < -0.39 is 0 Å². The predicted octanol–water partition coefficient (Wildman–Crippen LogP) is -0.0233. The zero-order valence-electron chi connectivity index (χ0n) is 4.94. The van der Waals surface area contributed by atoms with Crippen LogP contribution in [0.4, 0.5) is 0 Å². The molecule has 2 nitrogen and oxygen atoms in total. The van der Waals surface area contributed by atoms with Gasteiger partial charge < -0.3 is 10.4 Å². The molecule has 0 amide bonds. The average Bonchev–Trinajstić information content (AvgIpc) is 1.61. The Morgan fingerprint density at radius 1 is 1.71 bits per heavy atom. The van der Waals surface area contributed by atoms with E-state index in [-0.39, 0.29) is 6.10 Å². The highest BCUT2D eigenvalue weighted by atomic mass is 16.3. The molecule has 0 bridgehead atoms. The average molecular weight is 103 g/mol. The van der Waals surface area contributed by atoms with Crippen molar-refractivity contribution in [1.29, 1.82) is 0 Å². The van der Waals surface area contributed by atoms with Gasteiger partial charge in [-0.05, 0) is 26.9 Å². The molecule has 0 aromatic heterocycles. The maximum Gasteiger partial charge on any atom is 0.0524 e. The van der Waals surface area contributed by atoms with Crippen LogP contribution in [0.2, 0.25) is 0 Å². The van der Waals surface area contributed by atoms with Gasteiger partial charge in [-0.1, -0.05) is 0 Å². The van der Waals surface area contributed by atoms with Gasteiger partial charge in [0.25, 0.3) is 0 Å². The molecule has 0 aromatic rings. The SMILES string of the molecule is CNCCC(C)O. The van der Waals surface area contributed by atoms with Gasteiger partial charge in [-0.25, -0.2) is 0 Å². The van der Waals surface area contributed by atoms with Gasteiger partial charge in [0.05, 0.1) is 6.10 Å². The van der Waals surface area contributed by atoms with Gasteiger partial charge in [-0.15, -0.1) is 0 Å². The summed E-state index contributed by atoms with van der Waals surface area (Å²) in [7, 11) is 1.88. The van der Waals surface area contributed by atoms with E-state index >= 15 is 0 Å². The molecule has 0 radical (unpaired) electrons. The summed E-state index contributed by atoms with van der Waals surface area (Å²) in [6, 6.07) is 0. The monoisotopic (exact) mass is 103 g/mol. The Bertz CT molecular complexity index is 37.1. The van der Waals surface area contributed by atoms with E-state index in [1.165, 1.54) is 0 Å². The van der Waals surface area contributed by atoms with Crippen molar-refractivity contribution in [3.63, 3.8) is 0 Å². The van der Waals surface area contributed by atoms with Gasteiger partial charge in [0, 0.05) is 0 Å². The molecule has 0 spiro atoms. The molecule has 2 N–H and O–H groups in total. The fourth-order valence-electron chi connectivity index (χ4n) is 0.353. The molecule has 0 heterocycles. The Morgan fingerprint density at radius 2 is 2.29 bits per heavy atom. The lowest BCUT2D eigenvalue weighted by Crippen LogP contribution is -2.13. The van der Waals surface area contributed by atoms with Crippen LogP contribution in [-0.4, -0.2) is 24.8 Å². The van der Waals surface area contributed by atoms with Crippen molar-refractivity contribution in [1.82, 2.24) is 5.32 Å². The first-order chi connectivity index (χ1) is 3.27. The van der Waals surface area contributed by atoms with Crippen molar-refractivity contribution < 1.29 is 5.11 Å². The Balaban J connectivity index is 2.68. The molecule has 0 fully saturated rings. The topological polar surface area (TPSA) is 32.3 Å². The van der Waals surface area contributed by atoms with Crippen LogP contribution >= 0.6 is 0 Å². The summed E-state index contributed by atoms with van der Waals surface area (Å²) in [5.41, 5.74) is 0. The normalized spacial score (nSPS) is 14.1. The molecule has 0 rings (SSSR count). The van der Waals surface area contributed by atoms with Crippen molar-refractivity contribution in [3.05, 3.63) is 0 Å². The number of aliphatic hydroxyl groups is 1. The largest absolute Gasteiger partial charge is 0.393 e. The Hall–Kier alpha value is -0.0800. The molecular weight excluding hydrogens is 90.1 g/mol. The first kappa shape index (κ1) is 6.92. The summed E-state index contributed by atoms with van der Waals surface area (Å²) >= 11 is 0. The van der Waals surface area contributed by atoms with E-state index in [2.05, 4.69) is 5.32 Å². The highest BCUT2D eigenvalue weighted by Gasteiger charge is 1.89. The number of hydrogen-bond donors (Lipinski definition) is 2. The van der Waals surface area contributed by atoms with Crippen molar-refractivity contribution >= 4 is 0 Å². The van der Waals surface area contributed by atoms with Gasteiger partial charge in [-0.2, -0.15) is 0 Å². The predicted molar refractivity (Wildman–Crippen MR) is 30.2 cm³/mol. The van der Waals surface area contributed by atoms with Gasteiger partial charge >= 0.3 is 0 Å². The smallest absolute Gasteiger partial charge is 0.0524 e. The maximum atomic E-state index is 8.64. The molecule has 0 aliphatic rings. The van der Waals surface area contributed by atoms with E-state index in [9.17, 15) is 0 Å². The van der Waals surface area contributed by atoms with E-state index in [1.807, 2.05) is 7.05 Å². The standard InChI is InChI=1S/C5H13NO/c1-5(7)3-4-6-2/h5-7H,3-4H2,1-2H3. The molecule has 2 heteroatoms.